The summed E-state index contributed by atoms with van der Waals surface area (Å²) in [5.41, 5.74) is 5.73. The number of nitrogens with two attached hydrogens (primary N) is 1. The van der Waals surface area contributed by atoms with Gasteiger partial charge in [0.1, 0.15) is 0 Å². The Morgan fingerprint density at radius 2 is 1.67 bits per heavy atom. The Labute approximate surface area is 110 Å². The van der Waals surface area contributed by atoms with E-state index in [1.54, 1.807) is 8.61 Å². The van der Waals surface area contributed by atoms with Crippen LogP contribution in [0.5, 0.6) is 0 Å². The van der Waals surface area contributed by atoms with Crippen LogP contribution in [-0.4, -0.2) is 48.7 Å². The third-order valence-corrected chi connectivity index (χ3v) is 6.38. The Kier molecular flexibility index (Phi) is 4.64. The van der Waals surface area contributed by atoms with Crippen molar-refractivity contribution in [2.45, 2.75) is 57.5 Å². The lowest BCUT2D eigenvalue weighted by molar-refractivity contribution is 0.231. The first-order valence-electron chi connectivity index (χ1n) is 7.10. The van der Waals surface area contributed by atoms with Crippen molar-refractivity contribution in [2.75, 3.05) is 19.6 Å². The lowest BCUT2D eigenvalue weighted by Gasteiger charge is -2.37. The first kappa shape index (κ1) is 14.2. The third-order valence-electron chi connectivity index (χ3n) is 4.23. The lowest BCUT2D eigenvalue weighted by Crippen LogP contribution is -2.53. The molecule has 2 N–H and O–H groups in total. The van der Waals surface area contributed by atoms with Crippen LogP contribution in [0, 0.1) is 0 Å². The predicted molar refractivity (Wildman–Crippen MR) is 72.3 cm³/mol. The summed E-state index contributed by atoms with van der Waals surface area (Å²) >= 11 is 0. The molecule has 0 bridgehead atoms. The summed E-state index contributed by atoms with van der Waals surface area (Å²) in [6.07, 6.45) is 5.84. The van der Waals surface area contributed by atoms with Crippen LogP contribution in [0.25, 0.3) is 0 Å². The van der Waals surface area contributed by atoms with Gasteiger partial charge in [-0.2, -0.15) is 17.0 Å². The molecule has 2 aliphatic heterocycles. The van der Waals surface area contributed by atoms with E-state index >= 15 is 0 Å². The molecule has 0 spiro atoms. The summed E-state index contributed by atoms with van der Waals surface area (Å²) in [4.78, 5) is 0. The fourth-order valence-corrected chi connectivity index (χ4v) is 5.36. The summed E-state index contributed by atoms with van der Waals surface area (Å²) in [7, 11) is -3.30. The minimum Gasteiger partial charge on any atom is -0.329 e. The molecular formula is C12H25N3O2S. The molecule has 2 saturated heterocycles. The Bertz CT molecular complexity index is 372. The van der Waals surface area contributed by atoms with E-state index in [1.165, 1.54) is 0 Å². The van der Waals surface area contributed by atoms with Gasteiger partial charge >= 0.3 is 0 Å². The third kappa shape index (κ3) is 2.57. The Morgan fingerprint density at radius 1 is 1.06 bits per heavy atom. The van der Waals surface area contributed by atoms with E-state index in [4.69, 9.17) is 5.73 Å². The molecule has 5 nitrogen and oxygen atoms in total. The van der Waals surface area contributed by atoms with Crippen LogP contribution in [0.1, 0.15) is 45.4 Å². The van der Waals surface area contributed by atoms with E-state index in [0.29, 0.717) is 19.6 Å². The molecular weight excluding hydrogens is 250 g/mol. The van der Waals surface area contributed by atoms with Gasteiger partial charge < -0.3 is 5.73 Å². The standard InChI is InChI=1S/C12H25N3O2S/c1-2-11-7-5-9-14(11)18(16,17)15-8-4-3-6-12(15)10-13/h11-12H,2-10,13H2,1H3. The molecule has 18 heavy (non-hydrogen) atoms. The quantitative estimate of drug-likeness (QED) is 0.829. The number of piperidine rings is 1. The highest BCUT2D eigenvalue weighted by Gasteiger charge is 2.40. The molecule has 106 valence electrons. The smallest absolute Gasteiger partial charge is 0.282 e. The first-order valence-corrected chi connectivity index (χ1v) is 8.49. The van der Waals surface area contributed by atoms with Crippen molar-refractivity contribution in [3.8, 4) is 0 Å². The van der Waals surface area contributed by atoms with Crippen molar-refractivity contribution in [1.82, 2.24) is 8.61 Å². The minimum atomic E-state index is -3.30. The predicted octanol–water partition coefficient (Wildman–Crippen LogP) is 0.919. The molecule has 0 aromatic heterocycles. The SMILES string of the molecule is CCC1CCCN1S(=O)(=O)N1CCCCC1CN. The highest BCUT2D eigenvalue weighted by atomic mass is 32.2. The minimum absolute atomic E-state index is 0.00172. The van der Waals surface area contributed by atoms with Crippen molar-refractivity contribution >= 4 is 10.2 Å². The number of hydrogen-bond donors (Lipinski definition) is 1. The Morgan fingerprint density at radius 3 is 2.33 bits per heavy atom. The van der Waals surface area contributed by atoms with Crippen LogP contribution in [0.15, 0.2) is 0 Å². The normalized spacial score (nSPS) is 31.9. The monoisotopic (exact) mass is 275 g/mol. The molecule has 2 fully saturated rings. The maximum absolute atomic E-state index is 12.7. The molecule has 0 aromatic rings. The molecule has 0 saturated carbocycles. The maximum atomic E-state index is 12.7. The highest BCUT2D eigenvalue weighted by molar-refractivity contribution is 7.86. The molecule has 2 aliphatic rings. The van der Waals surface area contributed by atoms with Crippen LogP contribution in [0.2, 0.25) is 0 Å². The summed E-state index contributed by atoms with van der Waals surface area (Å²) in [6.45, 7) is 3.81. The van der Waals surface area contributed by atoms with E-state index in [0.717, 1.165) is 38.5 Å². The topological polar surface area (TPSA) is 66.6 Å². The summed E-state index contributed by atoms with van der Waals surface area (Å²) in [6, 6.07) is 0.192. The van der Waals surface area contributed by atoms with Gasteiger partial charge in [-0.15, -0.1) is 0 Å². The van der Waals surface area contributed by atoms with Crippen molar-refractivity contribution in [3.63, 3.8) is 0 Å². The highest BCUT2D eigenvalue weighted by Crippen LogP contribution is 2.29. The summed E-state index contributed by atoms with van der Waals surface area (Å²) in [5, 5.41) is 0. The largest absolute Gasteiger partial charge is 0.329 e. The first-order chi connectivity index (χ1) is 8.61. The van der Waals surface area contributed by atoms with E-state index in [9.17, 15) is 8.42 Å². The van der Waals surface area contributed by atoms with E-state index < -0.39 is 10.2 Å². The Hall–Kier alpha value is -0.170. The van der Waals surface area contributed by atoms with Gasteiger partial charge in [-0.3, -0.25) is 0 Å². The zero-order valence-corrected chi connectivity index (χ0v) is 12.0. The van der Waals surface area contributed by atoms with E-state index in [1.807, 2.05) is 0 Å². The average molecular weight is 275 g/mol. The number of hydrogen-bond acceptors (Lipinski definition) is 3. The molecule has 2 rings (SSSR count). The molecule has 0 aromatic carbocycles. The van der Waals surface area contributed by atoms with Gasteiger partial charge in [0, 0.05) is 31.7 Å². The van der Waals surface area contributed by atoms with Gasteiger partial charge in [0.2, 0.25) is 0 Å². The molecule has 0 aliphatic carbocycles. The summed E-state index contributed by atoms with van der Waals surface area (Å²) < 4.78 is 28.8. The van der Waals surface area contributed by atoms with Gasteiger partial charge in [-0.25, -0.2) is 0 Å². The lowest BCUT2D eigenvalue weighted by atomic mass is 10.1. The van der Waals surface area contributed by atoms with Gasteiger partial charge in [0.05, 0.1) is 0 Å². The van der Waals surface area contributed by atoms with Crippen LogP contribution in [0.4, 0.5) is 0 Å². The second-order valence-electron chi connectivity index (χ2n) is 5.32. The molecule has 2 heterocycles. The van der Waals surface area contributed by atoms with Crippen LogP contribution >= 0.6 is 0 Å². The zero-order chi connectivity index (χ0) is 13.2. The van der Waals surface area contributed by atoms with Gasteiger partial charge in [-0.1, -0.05) is 13.3 Å². The van der Waals surface area contributed by atoms with Gasteiger partial charge in [0.15, 0.2) is 0 Å². The van der Waals surface area contributed by atoms with Gasteiger partial charge in [0.25, 0.3) is 10.2 Å². The molecule has 2 unspecified atom stereocenters. The number of rotatable bonds is 4. The second-order valence-corrected chi connectivity index (χ2v) is 7.15. The summed E-state index contributed by atoms with van der Waals surface area (Å²) in [5.74, 6) is 0. The van der Waals surface area contributed by atoms with Gasteiger partial charge in [-0.05, 0) is 32.1 Å². The fraction of sp³-hybridized carbons (Fsp3) is 1.00. The number of nitrogens with zero attached hydrogens (tertiary/aromatic N) is 2. The fourth-order valence-electron chi connectivity index (χ4n) is 3.17. The van der Waals surface area contributed by atoms with Crippen molar-refractivity contribution < 1.29 is 8.42 Å². The van der Waals surface area contributed by atoms with E-state index in [2.05, 4.69) is 6.92 Å². The van der Waals surface area contributed by atoms with Crippen molar-refractivity contribution in [3.05, 3.63) is 0 Å². The molecule has 0 amide bonds. The van der Waals surface area contributed by atoms with E-state index in [-0.39, 0.29) is 12.1 Å². The Balaban J connectivity index is 2.18. The van der Waals surface area contributed by atoms with Crippen molar-refractivity contribution in [2.24, 2.45) is 5.73 Å². The second kappa shape index (κ2) is 5.86. The van der Waals surface area contributed by atoms with Crippen molar-refractivity contribution in [1.29, 1.82) is 0 Å². The average Bonchev–Trinajstić information content (AvgIpc) is 2.87. The molecule has 0 radical (unpaired) electrons. The zero-order valence-electron chi connectivity index (χ0n) is 11.2. The van der Waals surface area contributed by atoms with Crippen LogP contribution < -0.4 is 5.73 Å². The molecule has 6 heteroatoms. The maximum Gasteiger partial charge on any atom is 0.282 e. The van der Waals surface area contributed by atoms with Crippen LogP contribution in [-0.2, 0) is 10.2 Å². The molecule has 2 atom stereocenters. The van der Waals surface area contributed by atoms with Crippen LogP contribution in [0.3, 0.4) is 0 Å².